The van der Waals surface area contributed by atoms with Crippen LogP contribution in [0.15, 0.2) is 154 Å². The molecule has 0 spiro atoms. The summed E-state index contributed by atoms with van der Waals surface area (Å²) in [5.74, 6) is -0.211. The van der Waals surface area contributed by atoms with Crippen LogP contribution in [0, 0.1) is 17.2 Å². The van der Waals surface area contributed by atoms with Crippen LogP contribution in [0.2, 0.25) is 5.02 Å². The van der Waals surface area contributed by atoms with Crippen LogP contribution < -0.4 is 35.2 Å². The SMILES string of the molecule is Cc1ccc(C(=O)N/C(=C(/Cl)Sc2ccc(Cl)cc2)[P+](c2ccccc2)(c2ccccc2)c2ccccc2)cc1.[O-][Cl+3]([O-])([O-])O. The number of halogens is 3. The van der Waals surface area contributed by atoms with E-state index < -0.39 is 17.5 Å². The Morgan fingerprint density at radius 3 is 1.51 bits per heavy atom. The van der Waals surface area contributed by atoms with Crippen molar-refractivity contribution in [2.24, 2.45) is 0 Å². The Morgan fingerprint density at radius 1 is 0.711 bits per heavy atom. The van der Waals surface area contributed by atoms with Crippen LogP contribution in [0.4, 0.5) is 0 Å². The summed E-state index contributed by atoms with van der Waals surface area (Å²) in [6, 6.07) is 46.1. The first-order valence-electron chi connectivity index (χ1n) is 13.4. The summed E-state index contributed by atoms with van der Waals surface area (Å²) in [6.45, 7) is 2.00. The molecule has 0 saturated carbocycles. The fourth-order valence-electron chi connectivity index (χ4n) is 4.59. The van der Waals surface area contributed by atoms with Gasteiger partial charge in [-0.3, -0.25) is 10.1 Å². The Bertz CT molecular complexity index is 1620. The number of carbonyl (C=O) groups is 1. The van der Waals surface area contributed by atoms with Gasteiger partial charge in [-0.1, -0.05) is 107 Å². The maximum absolute atomic E-state index is 13.9. The lowest BCUT2D eigenvalue weighted by Gasteiger charge is -2.30. The Kier molecular flexibility index (Phi) is 12.2. The molecule has 0 aromatic heterocycles. The van der Waals surface area contributed by atoms with Crippen LogP contribution in [0.5, 0.6) is 0 Å². The predicted molar refractivity (Wildman–Crippen MR) is 176 cm³/mol. The largest absolute Gasteiger partial charge is 0.290 e. The van der Waals surface area contributed by atoms with Gasteiger partial charge >= 0.3 is 0 Å². The second-order valence-electron chi connectivity index (χ2n) is 9.57. The topological polar surface area (TPSA) is 119 Å². The zero-order valence-electron chi connectivity index (χ0n) is 23.8. The van der Waals surface area contributed by atoms with Gasteiger partial charge in [0.2, 0.25) is 5.44 Å². The highest BCUT2D eigenvalue weighted by Crippen LogP contribution is 2.64. The van der Waals surface area contributed by atoms with E-state index >= 15 is 0 Å². The van der Waals surface area contributed by atoms with Crippen molar-refractivity contribution in [1.29, 1.82) is 0 Å². The van der Waals surface area contributed by atoms with Crippen LogP contribution in [0.3, 0.4) is 0 Å². The standard InChI is InChI=1S/C34H26Cl2NOPS.ClHO4/c1-25-17-19-26(20-18-25)33(38)37-34(32(36)40-31-23-21-27(35)22-24-31)39(28-11-5-2-6-12-28,29-13-7-3-8-14-29)30-15-9-4-10-16-30;2-1(3,4)5/h2-24H,1H3;(H,2,3,4,5)/p+1/b34-32+;. The third-order valence-corrected chi connectivity index (χ3v) is 12.6. The molecule has 5 rings (SSSR count). The summed E-state index contributed by atoms with van der Waals surface area (Å²) in [7, 11) is -7.38. The van der Waals surface area contributed by atoms with E-state index in [9.17, 15) is 4.79 Å². The molecule has 45 heavy (non-hydrogen) atoms. The summed E-state index contributed by atoms with van der Waals surface area (Å²) in [4.78, 5) is 14.8. The van der Waals surface area contributed by atoms with Crippen LogP contribution >= 0.6 is 42.2 Å². The third kappa shape index (κ3) is 9.41. The average Bonchev–Trinajstić information content (AvgIpc) is 3.03. The lowest BCUT2D eigenvalue weighted by atomic mass is 10.1. The van der Waals surface area contributed by atoms with Crippen molar-refractivity contribution in [3.63, 3.8) is 0 Å². The fourth-order valence-corrected chi connectivity index (χ4v) is 10.6. The predicted octanol–water partition coefficient (Wildman–Crippen LogP) is 4.41. The van der Waals surface area contributed by atoms with Crippen molar-refractivity contribution < 1.29 is 33.7 Å². The van der Waals surface area contributed by atoms with Crippen LogP contribution in [-0.2, 0) is 0 Å². The molecule has 0 saturated heterocycles. The Labute approximate surface area is 279 Å². The van der Waals surface area contributed by atoms with Gasteiger partial charge in [0.15, 0.2) is 7.26 Å². The number of rotatable bonds is 8. The second kappa shape index (κ2) is 15.9. The molecule has 0 fully saturated rings. The highest BCUT2D eigenvalue weighted by atomic mass is 35.7. The number of carbonyl (C=O) groups excluding carboxylic acids is 1. The minimum atomic E-state index is -4.69. The molecule has 0 heterocycles. The molecular weight excluding hydrogens is 672 g/mol. The van der Waals surface area contributed by atoms with Crippen molar-refractivity contribution >= 4 is 64.0 Å². The highest BCUT2D eigenvalue weighted by molar-refractivity contribution is 8.06. The number of aryl methyl sites for hydroxylation is 1. The first-order valence-corrected chi connectivity index (χ1v) is 18.0. The third-order valence-electron chi connectivity index (χ3n) is 6.52. The summed E-state index contributed by atoms with van der Waals surface area (Å²) in [5, 5.41) is 7.24. The van der Waals surface area contributed by atoms with E-state index in [2.05, 4.69) is 41.7 Å². The number of amides is 1. The van der Waals surface area contributed by atoms with Crippen molar-refractivity contribution in [3.05, 3.63) is 165 Å². The number of hydrogen-bond acceptors (Lipinski definition) is 6. The van der Waals surface area contributed by atoms with Gasteiger partial charge in [-0.2, -0.15) is 14.0 Å². The number of benzene rings is 5. The molecule has 5 aromatic carbocycles. The van der Waals surface area contributed by atoms with Gasteiger partial charge in [0, 0.05) is 15.5 Å². The minimum Gasteiger partial charge on any atom is -0.290 e. The molecule has 0 unspecified atom stereocenters. The van der Waals surface area contributed by atoms with Crippen molar-refractivity contribution in [1.82, 2.24) is 5.32 Å². The lowest BCUT2D eigenvalue weighted by molar-refractivity contribution is -1.92. The Morgan fingerprint density at radius 2 is 1.11 bits per heavy atom. The molecule has 230 valence electrons. The lowest BCUT2D eigenvalue weighted by Crippen LogP contribution is -2.58. The molecule has 1 amide bonds. The van der Waals surface area contributed by atoms with Crippen molar-refractivity contribution in [3.8, 4) is 0 Å². The normalized spacial score (nSPS) is 12.0. The van der Waals surface area contributed by atoms with Crippen molar-refractivity contribution in [2.45, 2.75) is 11.8 Å². The maximum Gasteiger partial charge on any atom is 0.258 e. The first kappa shape index (κ1) is 34.7. The first-order chi connectivity index (χ1) is 21.5. The molecule has 0 aliphatic heterocycles. The van der Waals surface area contributed by atoms with Crippen LogP contribution in [-0.4, -0.2) is 10.6 Å². The molecule has 0 bridgehead atoms. The fraction of sp³-hybridized carbons (Fsp3) is 0.0294. The van der Waals surface area contributed by atoms with Crippen LogP contribution in [0.25, 0.3) is 0 Å². The van der Waals surface area contributed by atoms with Gasteiger partial charge < -0.3 is 0 Å². The van der Waals surface area contributed by atoms with Crippen molar-refractivity contribution in [2.75, 3.05) is 0 Å². The van der Waals surface area contributed by atoms with E-state index in [4.69, 9.17) is 41.8 Å². The van der Waals surface area contributed by atoms with Gasteiger partial charge in [0.05, 0.1) is 14.9 Å². The highest BCUT2D eigenvalue weighted by Gasteiger charge is 2.52. The van der Waals surface area contributed by atoms with Crippen LogP contribution in [0.1, 0.15) is 15.9 Å². The van der Waals surface area contributed by atoms with E-state index in [1.165, 1.54) is 11.8 Å². The average molecular weight is 700 g/mol. The molecule has 0 radical (unpaired) electrons. The monoisotopic (exact) mass is 698 g/mol. The number of thioether (sulfide) groups is 1. The van der Waals surface area contributed by atoms with E-state index in [0.29, 0.717) is 20.4 Å². The summed E-state index contributed by atoms with van der Waals surface area (Å²) in [5.41, 5.74) is 2.34. The summed E-state index contributed by atoms with van der Waals surface area (Å²) >= 11 is 14.9. The van der Waals surface area contributed by atoms with Gasteiger partial charge in [-0.15, -0.1) is 0 Å². The quantitative estimate of drug-likeness (QED) is 0.183. The molecule has 5 aromatic rings. The number of nitrogens with one attached hydrogen (secondary N) is 1. The number of hydrogen-bond donors (Lipinski definition) is 2. The molecule has 0 aliphatic carbocycles. The maximum atomic E-state index is 13.9. The smallest absolute Gasteiger partial charge is 0.258 e. The van der Waals surface area contributed by atoms with E-state index in [1.54, 1.807) is 0 Å². The second-order valence-corrected chi connectivity index (χ2v) is 15.8. The molecule has 2 N–H and O–H groups in total. The van der Waals surface area contributed by atoms with E-state index in [1.807, 2.05) is 110 Å². The molecule has 0 aliphatic rings. The summed E-state index contributed by atoms with van der Waals surface area (Å²) < 4.78 is 33.2. The molecular formula is C34H28Cl3NO5PS+. The molecule has 11 heteroatoms. The zero-order valence-corrected chi connectivity index (χ0v) is 27.8. The molecule has 0 atom stereocenters. The van der Waals surface area contributed by atoms with Gasteiger partial charge in [0.1, 0.15) is 20.3 Å². The summed E-state index contributed by atoms with van der Waals surface area (Å²) in [6.07, 6.45) is 0. The Balaban J connectivity index is 0.000000854. The van der Waals surface area contributed by atoms with Gasteiger partial charge in [-0.25, -0.2) is 0 Å². The zero-order chi connectivity index (χ0) is 32.5. The van der Waals surface area contributed by atoms with E-state index in [-0.39, 0.29) is 5.91 Å². The Hall–Kier alpha value is -3.20. The van der Waals surface area contributed by atoms with Gasteiger partial charge in [-0.05, 0) is 79.7 Å². The minimum absolute atomic E-state index is 0.211. The van der Waals surface area contributed by atoms with Gasteiger partial charge in [0.25, 0.3) is 5.91 Å². The van der Waals surface area contributed by atoms with E-state index in [0.717, 1.165) is 26.4 Å². The molecule has 6 nitrogen and oxygen atoms in total.